The molecule has 2 amide bonds. The normalized spacial score (nSPS) is 23.8. The fraction of sp³-hybridized carbons (Fsp3) is 0.750. The van der Waals surface area contributed by atoms with Crippen LogP contribution in [0.4, 0.5) is 4.79 Å². The van der Waals surface area contributed by atoms with Crippen LogP contribution in [0, 0.1) is 12.8 Å². The van der Waals surface area contributed by atoms with E-state index in [2.05, 4.69) is 10.5 Å². The minimum atomic E-state index is -3.04. The molecule has 2 fully saturated rings. The molecule has 1 aliphatic carbocycles. The Hall–Kier alpha value is -1.57. The average Bonchev–Trinajstić information content (AvgIpc) is 2.82. The maximum atomic E-state index is 12.6. The van der Waals surface area contributed by atoms with Gasteiger partial charge in [0.1, 0.15) is 5.76 Å². The van der Waals surface area contributed by atoms with Crippen LogP contribution >= 0.6 is 0 Å². The highest BCUT2D eigenvalue weighted by molar-refractivity contribution is 7.91. The molecule has 1 aromatic heterocycles. The summed E-state index contributed by atoms with van der Waals surface area (Å²) < 4.78 is 29.1. The van der Waals surface area contributed by atoms with Crippen molar-refractivity contribution in [3.63, 3.8) is 0 Å². The van der Waals surface area contributed by atoms with E-state index < -0.39 is 9.84 Å². The molecule has 1 aliphatic heterocycles. The topological polar surface area (TPSA) is 92.5 Å². The van der Waals surface area contributed by atoms with E-state index >= 15 is 0 Å². The number of hydrogen-bond acceptors (Lipinski definition) is 5. The first-order valence-corrected chi connectivity index (χ1v) is 10.4. The van der Waals surface area contributed by atoms with Crippen molar-refractivity contribution in [2.45, 2.75) is 52.1 Å². The zero-order chi connectivity index (χ0) is 17.3. The Kier molecular flexibility index (Phi) is 4.85. The summed E-state index contributed by atoms with van der Waals surface area (Å²) in [5, 5.41) is 6.91. The highest BCUT2D eigenvalue weighted by atomic mass is 32.2. The third-order valence-corrected chi connectivity index (χ3v) is 6.89. The molecule has 24 heavy (non-hydrogen) atoms. The second kappa shape index (κ2) is 6.74. The summed E-state index contributed by atoms with van der Waals surface area (Å²) in [6.07, 6.45) is 3.88. The Labute approximate surface area is 142 Å². The summed E-state index contributed by atoms with van der Waals surface area (Å²) in [6, 6.07) is -0.379. The lowest BCUT2D eigenvalue weighted by atomic mass is 9.79. The largest absolute Gasteiger partial charge is 0.361 e. The molecule has 3 rings (SSSR count). The number of hydrogen-bond donors (Lipinski definition) is 1. The van der Waals surface area contributed by atoms with Crippen molar-refractivity contribution in [1.82, 2.24) is 15.4 Å². The number of carbonyl (C=O) groups is 1. The van der Waals surface area contributed by atoms with Crippen LogP contribution in [-0.4, -0.2) is 48.6 Å². The van der Waals surface area contributed by atoms with E-state index in [1.807, 2.05) is 13.8 Å². The molecule has 2 heterocycles. The number of carbonyl (C=O) groups excluding carboxylic acids is 1. The molecule has 2 aliphatic rings. The zero-order valence-corrected chi connectivity index (χ0v) is 15.1. The second-order valence-electron chi connectivity index (χ2n) is 6.74. The number of amides is 2. The molecule has 1 saturated carbocycles. The lowest BCUT2D eigenvalue weighted by molar-refractivity contribution is 0.123. The first-order chi connectivity index (χ1) is 11.4. The Balaban J connectivity index is 1.67. The van der Waals surface area contributed by atoms with E-state index in [1.165, 1.54) is 0 Å². The maximum absolute atomic E-state index is 12.6. The van der Waals surface area contributed by atoms with Crippen molar-refractivity contribution < 1.29 is 17.7 Å². The third kappa shape index (κ3) is 3.43. The average molecular weight is 355 g/mol. The number of urea groups is 1. The number of nitrogens with one attached hydrogen (secondary N) is 1. The Morgan fingerprint density at radius 3 is 2.79 bits per heavy atom. The summed E-state index contributed by atoms with van der Waals surface area (Å²) >= 11 is 0. The molecule has 0 radical (unpaired) electrons. The fourth-order valence-electron chi connectivity index (χ4n) is 3.51. The zero-order valence-electron chi connectivity index (χ0n) is 14.2. The number of rotatable bonds is 4. The van der Waals surface area contributed by atoms with E-state index in [9.17, 15) is 13.2 Å². The maximum Gasteiger partial charge on any atom is 0.317 e. The molecule has 0 bridgehead atoms. The molecule has 7 nitrogen and oxygen atoms in total. The van der Waals surface area contributed by atoms with Gasteiger partial charge in [0.2, 0.25) is 0 Å². The van der Waals surface area contributed by atoms with Crippen LogP contribution in [0.1, 0.15) is 43.2 Å². The van der Waals surface area contributed by atoms with Crippen LogP contribution in [0.2, 0.25) is 0 Å². The van der Waals surface area contributed by atoms with Crippen LogP contribution in [0.15, 0.2) is 4.52 Å². The van der Waals surface area contributed by atoms with Gasteiger partial charge in [0.15, 0.2) is 9.84 Å². The molecular weight excluding hydrogens is 330 g/mol. The van der Waals surface area contributed by atoms with E-state index in [0.29, 0.717) is 18.2 Å². The van der Waals surface area contributed by atoms with Crippen LogP contribution < -0.4 is 5.32 Å². The monoisotopic (exact) mass is 355 g/mol. The van der Waals surface area contributed by atoms with Gasteiger partial charge in [-0.3, -0.25) is 0 Å². The van der Waals surface area contributed by atoms with Crippen molar-refractivity contribution in [3.05, 3.63) is 17.0 Å². The quantitative estimate of drug-likeness (QED) is 0.886. The van der Waals surface area contributed by atoms with Crippen LogP contribution in [0.25, 0.3) is 0 Å². The Bertz CT molecular complexity index is 709. The lowest BCUT2D eigenvalue weighted by Crippen LogP contribution is -2.57. The molecule has 8 heteroatoms. The van der Waals surface area contributed by atoms with Crippen LogP contribution in [0.3, 0.4) is 0 Å². The van der Waals surface area contributed by atoms with Gasteiger partial charge in [-0.15, -0.1) is 0 Å². The minimum absolute atomic E-state index is 0.0517. The minimum Gasteiger partial charge on any atom is -0.361 e. The molecule has 1 saturated heterocycles. The molecule has 134 valence electrons. The third-order valence-electron chi connectivity index (χ3n) is 5.24. The predicted octanol–water partition coefficient (Wildman–Crippen LogP) is 1.65. The van der Waals surface area contributed by atoms with E-state index in [1.54, 1.807) is 4.90 Å². The van der Waals surface area contributed by atoms with Crippen LogP contribution in [-0.2, 0) is 22.8 Å². The molecule has 0 spiro atoms. The second-order valence-corrected chi connectivity index (χ2v) is 8.97. The molecule has 0 unspecified atom stereocenters. The molecule has 1 atom stereocenters. The predicted molar refractivity (Wildman–Crippen MR) is 89.3 cm³/mol. The number of aryl methyl sites for hydroxylation is 2. The molecule has 1 aromatic rings. The Morgan fingerprint density at radius 1 is 1.42 bits per heavy atom. The van der Waals surface area contributed by atoms with Crippen molar-refractivity contribution in [2.24, 2.45) is 5.92 Å². The van der Waals surface area contributed by atoms with E-state index in [-0.39, 0.29) is 30.1 Å². The van der Waals surface area contributed by atoms with Gasteiger partial charge >= 0.3 is 6.03 Å². The number of aromatic nitrogens is 1. The highest BCUT2D eigenvalue weighted by Crippen LogP contribution is 2.34. The smallest absolute Gasteiger partial charge is 0.317 e. The first kappa shape index (κ1) is 17.3. The van der Waals surface area contributed by atoms with Gasteiger partial charge in [-0.05, 0) is 32.1 Å². The van der Waals surface area contributed by atoms with Gasteiger partial charge in [-0.2, -0.15) is 0 Å². The molecule has 1 N–H and O–H groups in total. The summed E-state index contributed by atoms with van der Waals surface area (Å²) in [6.45, 7) is 4.46. The molecule has 0 aromatic carbocycles. The van der Waals surface area contributed by atoms with Gasteiger partial charge in [-0.25, -0.2) is 13.2 Å². The van der Waals surface area contributed by atoms with Crippen LogP contribution in [0.5, 0.6) is 0 Å². The summed E-state index contributed by atoms with van der Waals surface area (Å²) in [5.74, 6) is 1.17. The van der Waals surface area contributed by atoms with E-state index in [4.69, 9.17) is 4.52 Å². The number of nitrogens with zero attached hydrogens (tertiary/aromatic N) is 2. The lowest BCUT2D eigenvalue weighted by Gasteiger charge is -2.43. The van der Waals surface area contributed by atoms with Gasteiger partial charge in [0, 0.05) is 18.7 Å². The SMILES string of the molecule is CCc1noc(C)c1CNC(=O)N1CCS(=O)(=O)C[C@H]1C1CCC1. The van der Waals surface area contributed by atoms with E-state index in [0.717, 1.165) is 36.9 Å². The van der Waals surface area contributed by atoms with Crippen molar-refractivity contribution in [3.8, 4) is 0 Å². The van der Waals surface area contributed by atoms with Crippen molar-refractivity contribution in [2.75, 3.05) is 18.1 Å². The van der Waals surface area contributed by atoms with Gasteiger partial charge in [0.05, 0.1) is 23.2 Å². The first-order valence-electron chi connectivity index (χ1n) is 8.60. The Morgan fingerprint density at radius 2 is 2.17 bits per heavy atom. The highest BCUT2D eigenvalue weighted by Gasteiger charge is 2.40. The standard InChI is InChI=1S/C16H25N3O4S/c1-3-14-13(11(2)23-18-14)9-17-16(20)19-7-8-24(21,22)10-15(19)12-5-4-6-12/h12,15H,3-10H2,1-2H3,(H,17,20)/t15-/m0/s1. The fourth-order valence-corrected chi connectivity index (χ4v) is 5.12. The number of sulfone groups is 1. The van der Waals surface area contributed by atoms with Crippen molar-refractivity contribution >= 4 is 15.9 Å². The summed E-state index contributed by atoms with van der Waals surface area (Å²) in [4.78, 5) is 14.4. The van der Waals surface area contributed by atoms with Crippen molar-refractivity contribution in [1.29, 1.82) is 0 Å². The van der Waals surface area contributed by atoms with Gasteiger partial charge in [-0.1, -0.05) is 18.5 Å². The molecular formula is C16H25N3O4S. The summed E-state index contributed by atoms with van der Waals surface area (Å²) in [7, 11) is -3.04. The summed E-state index contributed by atoms with van der Waals surface area (Å²) in [5.41, 5.74) is 1.76. The van der Waals surface area contributed by atoms with Gasteiger partial charge < -0.3 is 14.7 Å². The van der Waals surface area contributed by atoms with Gasteiger partial charge in [0.25, 0.3) is 0 Å².